The van der Waals surface area contributed by atoms with E-state index in [1.165, 1.54) is 18.8 Å². The van der Waals surface area contributed by atoms with E-state index in [1.807, 2.05) is 0 Å². The zero-order chi connectivity index (χ0) is 8.60. The Balaban J connectivity index is 2.52. The van der Waals surface area contributed by atoms with Gasteiger partial charge in [-0.1, -0.05) is 6.58 Å². The molecule has 2 aliphatic rings. The summed E-state index contributed by atoms with van der Waals surface area (Å²) in [6.45, 7) is 3.59. The Bertz CT molecular complexity index is 349. The standard InChI is InChI=1S/C7H7N5/c1-2-7(8)5-6(10-3-9-5)11-4-12-7/h2-4H,1,8H2. The van der Waals surface area contributed by atoms with Gasteiger partial charge in [-0.05, 0) is 6.08 Å². The van der Waals surface area contributed by atoms with Crippen LogP contribution >= 0.6 is 0 Å². The maximum atomic E-state index is 5.84. The van der Waals surface area contributed by atoms with Crippen molar-refractivity contribution >= 4 is 24.2 Å². The second-order valence-corrected chi connectivity index (χ2v) is 2.45. The molecule has 0 saturated carbocycles. The molecule has 0 spiro atoms. The zero-order valence-electron chi connectivity index (χ0n) is 6.31. The fourth-order valence-electron chi connectivity index (χ4n) is 1.03. The number of nitrogens with zero attached hydrogens (tertiary/aromatic N) is 4. The predicted molar refractivity (Wildman–Crippen MR) is 49.0 cm³/mol. The van der Waals surface area contributed by atoms with Crippen LogP contribution in [0.4, 0.5) is 0 Å². The molecule has 0 bridgehead atoms. The van der Waals surface area contributed by atoms with Gasteiger partial charge >= 0.3 is 0 Å². The van der Waals surface area contributed by atoms with Crippen molar-refractivity contribution in [2.75, 3.05) is 0 Å². The van der Waals surface area contributed by atoms with E-state index in [0.717, 1.165) is 0 Å². The number of hydrogen-bond acceptors (Lipinski definition) is 5. The molecular formula is C7H7N5. The van der Waals surface area contributed by atoms with Crippen molar-refractivity contribution in [3.8, 4) is 0 Å². The molecule has 2 N–H and O–H groups in total. The summed E-state index contributed by atoms with van der Waals surface area (Å²) in [5.74, 6) is 0.521. The van der Waals surface area contributed by atoms with Crippen molar-refractivity contribution in [1.29, 1.82) is 0 Å². The third-order valence-corrected chi connectivity index (χ3v) is 1.72. The lowest BCUT2D eigenvalue weighted by molar-refractivity contribution is 0.751. The summed E-state index contributed by atoms with van der Waals surface area (Å²) in [5.41, 5.74) is 5.44. The van der Waals surface area contributed by atoms with Gasteiger partial charge in [0.1, 0.15) is 18.4 Å². The van der Waals surface area contributed by atoms with Crippen molar-refractivity contribution in [2.24, 2.45) is 25.7 Å². The fourth-order valence-corrected chi connectivity index (χ4v) is 1.03. The summed E-state index contributed by atoms with van der Waals surface area (Å²) in [5, 5.41) is 0. The molecule has 0 saturated heterocycles. The Morgan fingerprint density at radius 2 is 2.25 bits per heavy atom. The molecule has 60 valence electrons. The van der Waals surface area contributed by atoms with Gasteiger partial charge in [0.25, 0.3) is 0 Å². The highest BCUT2D eigenvalue weighted by atomic mass is 15.2. The minimum absolute atomic E-state index is 0.521. The molecule has 12 heavy (non-hydrogen) atoms. The van der Waals surface area contributed by atoms with Crippen LogP contribution in [0, 0.1) is 0 Å². The Labute approximate surface area is 69.1 Å². The number of fused-ring (bicyclic) bond motifs is 1. The van der Waals surface area contributed by atoms with Crippen LogP contribution < -0.4 is 5.73 Å². The SMILES string of the molecule is C=CC1(N)N=CN=C2N=CN=C21. The fraction of sp³-hybridized carbons (Fsp3) is 0.143. The van der Waals surface area contributed by atoms with Crippen molar-refractivity contribution < 1.29 is 0 Å². The molecule has 5 nitrogen and oxygen atoms in total. The number of nitrogens with two attached hydrogens (primary N) is 1. The van der Waals surface area contributed by atoms with Gasteiger partial charge in [-0.3, -0.25) is 5.73 Å². The molecule has 0 aliphatic carbocycles. The molecule has 1 unspecified atom stereocenters. The van der Waals surface area contributed by atoms with Gasteiger partial charge in [-0.2, -0.15) is 0 Å². The Kier molecular flexibility index (Phi) is 1.28. The molecule has 0 aromatic rings. The van der Waals surface area contributed by atoms with Gasteiger partial charge in [0.15, 0.2) is 11.5 Å². The molecular weight excluding hydrogens is 154 g/mol. The summed E-state index contributed by atoms with van der Waals surface area (Å²) in [6, 6.07) is 0. The largest absolute Gasteiger partial charge is 0.299 e. The quantitative estimate of drug-likeness (QED) is 0.529. The first-order valence-electron chi connectivity index (χ1n) is 3.41. The van der Waals surface area contributed by atoms with Crippen LogP contribution in [0.3, 0.4) is 0 Å². The first-order valence-corrected chi connectivity index (χ1v) is 3.41. The average Bonchev–Trinajstić information content (AvgIpc) is 2.54. The summed E-state index contributed by atoms with van der Waals surface area (Å²) in [7, 11) is 0. The first kappa shape index (κ1) is 7.05. The van der Waals surface area contributed by atoms with E-state index in [0.29, 0.717) is 11.5 Å². The number of amidine groups is 1. The summed E-state index contributed by atoms with van der Waals surface area (Å²) >= 11 is 0. The maximum absolute atomic E-state index is 5.84. The van der Waals surface area contributed by atoms with Crippen LogP contribution in [0.2, 0.25) is 0 Å². The normalized spacial score (nSPS) is 31.1. The van der Waals surface area contributed by atoms with Crippen molar-refractivity contribution in [2.45, 2.75) is 5.66 Å². The number of aliphatic imine (C=N–C) groups is 4. The molecule has 0 amide bonds. The highest BCUT2D eigenvalue weighted by Crippen LogP contribution is 2.15. The van der Waals surface area contributed by atoms with E-state index in [4.69, 9.17) is 5.73 Å². The lowest BCUT2D eigenvalue weighted by Gasteiger charge is -2.21. The monoisotopic (exact) mass is 161 g/mol. The number of hydrogen-bond donors (Lipinski definition) is 1. The third-order valence-electron chi connectivity index (χ3n) is 1.72. The second-order valence-electron chi connectivity index (χ2n) is 2.45. The van der Waals surface area contributed by atoms with Crippen LogP contribution in [0.5, 0.6) is 0 Å². The molecule has 5 heteroatoms. The van der Waals surface area contributed by atoms with Gasteiger partial charge in [0.2, 0.25) is 0 Å². The van der Waals surface area contributed by atoms with E-state index in [9.17, 15) is 0 Å². The van der Waals surface area contributed by atoms with Crippen LogP contribution in [0.1, 0.15) is 0 Å². The van der Waals surface area contributed by atoms with Crippen LogP contribution in [0.25, 0.3) is 0 Å². The van der Waals surface area contributed by atoms with E-state index in [1.54, 1.807) is 0 Å². The highest BCUT2D eigenvalue weighted by molar-refractivity contribution is 6.50. The van der Waals surface area contributed by atoms with Crippen LogP contribution in [-0.4, -0.2) is 29.9 Å². The molecule has 0 fully saturated rings. The molecule has 0 aromatic heterocycles. The van der Waals surface area contributed by atoms with E-state index >= 15 is 0 Å². The summed E-state index contributed by atoms with van der Waals surface area (Å²) in [4.78, 5) is 15.7. The van der Waals surface area contributed by atoms with Crippen LogP contribution in [0.15, 0.2) is 32.6 Å². The van der Waals surface area contributed by atoms with Gasteiger partial charge in [0, 0.05) is 0 Å². The molecule has 2 aliphatic heterocycles. The smallest absolute Gasteiger partial charge is 0.181 e. The summed E-state index contributed by atoms with van der Waals surface area (Å²) < 4.78 is 0. The minimum atomic E-state index is -0.951. The van der Waals surface area contributed by atoms with Gasteiger partial charge in [0.05, 0.1) is 0 Å². The molecule has 0 aromatic carbocycles. The Morgan fingerprint density at radius 3 is 3.00 bits per heavy atom. The van der Waals surface area contributed by atoms with E-state index < -0.39 is 5.66 Å². The van der Waals surface area contributed by atoms with Crippen molar-refractivity contribution in [1.82, 2.24) is 0 Å². The van der Waals surface area contributed by atoms with Gasteiger partial charge < -0.3 is 0 Å². The lowest BCUT2D eigenvalue weighted by Crippen LogP contribution is -2.48. The average molecular weight is 161 g/mol. The van der Waals surface area contributed by atoms with Crippen molar-refractivity contribution in [3.63, 3.8) is 0 Å². The van der Waals surface area contributed by atoms with Gasteiger partial charge in [-0.15, -0.1) is 0 Å². The second kappa shape index (κ2) is 2.18. The van der Waals surface area contributed by atoms with E-state index in [-0.39, 0.29) is 0 Å². The minimum Gasteiger partial charge on any atom is -0.299 e. The van der Waals surface area contributed by atoms with E-state index in [2.05, 4.69) is 26.5 Å². The highest BCUT2D eigenvalue weighted by Gasteiger charge is 2.34. The maximum Gasteiger partial charge on any atom is 0.181 e. The predicted octanol–water partition coefficient (Wildman–Crippen LogP) is -0.249. The number of rotatable bonds is 1. The zero-order valence-corrected chi connectivity index (χ0v) is 6.31. The van der Waals surface area contributed by atoms with Crippen molar-refractivity contribution in [3.05, 3.63) is 12.7 Å². The van der Waals surface area contributed by atoms with Crippen LogP contribution in [-0.2, 0) is 0 Å². The molecule has 0 radical (unpaired) electrons. The molecule has 2 heterocycles. The topological polar surface area (TPSA) is 75.5 Å². The molecule has 2 rings (SSSR count). The lowest BCUT2D eigenvalue weighted by atomic mass is 10.0. The third kappa shape index (κ3) is 0.768. The first-order chi connectivity index (χ1) is 5.76. The van der Waals surface area contributed by atoms with Gasteiger partial charge in [-0.25, -0.2) is 20.0 Å². The Morgan fingerprint density at radius 1 is 1.42 bits per heavy atom. The summed E-state index contributed by atoms with van der Waals surface area (Å²) in [6.07, 6.45) is 4.30. The Hall–Kier alpha value is -1.62. The molecule has 1 atom stereocenters.